The number of anilines is 1. The van der Waals surface area contributed by atoms with E-state index in [9.17, 15) is 13.6 Å². The topological polar surface area (TPSA) is 55.1 Å². The van der Waals surface area contributed by atoms with Crippen LogP contribution in [0, 0.1) is 11.6 Å². The molecular weight excluding hydrogens is 246 g/mol. The van der Waals surface area contributed by atoms with E-state index >= 15 is 0 Å². The Bertz CT molecular complexity index is 401. The molecule has 0 aromatic heterocycles. The van der Waals surface area contributed by atoms with Crippen LogP contribution in [0.15, 0.2) is 18.2 Å². The smallest absolute Gasteiger partial charge is 0.241 e. The lowest BCUT2D eigenvalue weighted by Gasteiger charge is -2.12. The van der Waals surface area contributed by atoms with Crippen LogP contribution >= 0.6 is 11.8 Å². The highest BCUT2D eigenvalue weighted by molar-refractivity contribution is 7.98. The number of hydrogen-bond donors (Lipinski definition) is 2. The zero-order chi connectivity index (χ0) is 12.8. The Labute approximate surface area is 103 Å². The van der Waals surface area contributed by atoms with Crippen molar-refractivity contribution in [3.63, 3.8) is 0 Å². The molecule has 0 saturated carbocycles. The van der Waals surface area contributed by atoms with Crippen molar-refractivity contribution in [1.29, 1.82) is 0 Å². The quantitative estimate of drug-likeness (QED) is 0.851. The molecule has 6 heteroatoms. The molecule has 0 saturated heterocycles. The van der Waals surface area contributed by atoms with Crippen molar-refractivity contribution < 1.29 is 13.6 Å². The van der Waals surface area contributed by atoms with Crippen LogP contribution in [0.3, 0.4) is 0 Å². The summed E-state index contributed by atoms with van der Waals surface area (Å²) in [5, 5.41) is 2.27. The Hall–Kier alpha value is -1.14. The highest BCUT2D eigenvalue weighted by Gasteiger charge is 2.15. The fraction of sp³-hybridized carbons (Fsp3) is 0.364. The van der Waals surface area contributed by atoms with Crippen molar-refractivity contribution in [2.24, 2.45) is 5.73 Å². The molecule has 0 fully saturated rings. The van der Waals surface area contributed by atoms with Crippen molar-refractivity contribution in [2.75, 3.05) is 17.3 Å². The summed E-state index contributed by atoms with van der Waals surface area (Å²) in [7, 11) is 0. The van der Waals surface area contributed by atoms with Crippen molar-refractivity contribution >= 4 is 23.4 Å². The van der Waals surface area contributed by atoms with Gasteiger partial charge in [0.25, 0.3) is 0 Å². The maximum absolute atomic E-state index is 13.2. The predicted octanol–water partition coefficient (Wildman–Crippen LogP) is 1.98. The van der Waals surface area contributed by atoms with Gasteiger partial charge in [-0.05, 0) is 30.6 Å². The van der Waals surface area contributed by atoms with E-state index in [-0.39, 0.29) is 5.69 Å². The van der Waals surface area contributed by atoms with Gasteiger partial charge >= 0.3 is 0 Å². The van der Waals surface area contributed by atoms with E-state index in [1.165, 1.54) is 0 Å². The lowest BCUT2D eigenvalue weighted by Crippen LogP contribution is -2.36. The molecule has 0 aliphatic rings. The number of nitrogens with one attached hydrogen (secondary N) is 1. The normalized spacial score (nSPS) is 12.2. The lowest BCUT2D eigenvalue weighted by atomic mass is 10.2. The second-order valence-corrected chi connectivity index (χ2v) is 4.49. The molecule has 3 nitrogen and oxygen atoms in total. The summed E-state index contributed by atoms with van der Waals surface area (Å²) in [6.45, 7) is 0. The zero-order valence-corrected chi connectivity index (χ0v) is 10.2. The van der Waals surface area contributed by atoms with Gasteiger partial charge in [0.05, 0.1) is 11.7 Å². The van der Waals surface area contributed by atoms with Gasteiger partial charge in [0.15, 0.2) is 0 Å². The van der Waals surface area contributed by atoms with Gasteiger partial charge in [-0.1, -0.05) is 0 Å². The lowest BCUT2D eigenvalue weighted by molar-refractivity contribution is -0.117. The molecule has 94 valence electrons. The minimum atomic E-state index is -0.717. The summed E-state index contributed by atoms with van der Waals surface area (Å²) < 4.78 is 26.1. The number of rotatable bonds is 5. The molecule has 1 amide bonds. The third-order valence-corrected chi connectivity index (χ3v) is 2.80. The molecule has 17 heavy (non-hydrogen) atoms. The van der Waals surface area contributed by atoms with Crippen LogP contribution in [0.4, 0.5) is 14.5 Å². The maximum atomic E-state index is 13.2. The summed E-state index contributed by atoms with van der Waals surface area (Å²) in [6.07, 6.45) is 2.39. The molecule has 0 aliphatic heterocycles. The first-order chi connectivity index (χ1) is 8.04. The van der Waals surface area contributed by atoms with Crippen LogP contribution in [0.2, 0.25) is 0 Å². The van der Waals surface area contributed by atoms with Gasteiger partial charge in [0.2, 0.25) is 5.91 Å². The Morgan fingerprint density at radius 1 is 1.53 bits per heavy atom. The molecule has 1 rings (SSSR count). The minimum absolute atomic E-state index is 0.186. The third-order valence-electron chi connectivity index (χ3n) is 2.16. The number of nitrogens with two attached hydrogens (primary N) is 1. The second-order valence-electron chi connectivity index (χ2n) is 3.50. The molecule has 0 radical (unpaired) electrons. The number of amides is 1. The van der Waals surface area contributed by atoms with Gasteiger partial charge in [-0.3, -0.25) is 4.79 Å². The molecule has 0 heterocycles. The summed E-state index contributed by atoms with van der Waals surface area (Å²) in [5.74, 6) is -1.07. The highest BCUT2D eigenvalue weighted by Crippen LogP contribution is 2.15. The first kappa shape index (κ1) is 13.9. The zero-order valence-electron chi connectivity index (χ0n) is 9.37. The molecule has 0 spiro atoms. The number of halogens is 2. The summed E-state index contributed by atoms with van der Waals surface area (Å²) >= 11 is 1.57. The fourth-order valence-electron chi connectivity index (χ4n) is 1.19. The van der Waals surface area contributed by atoms with Gasteiger partial charge in [-0.25, -0.2) is 8.78 Å². The summed E-state index contributed by atoms with van der Waals surface area (Å²) in [6, 6.07) is 2.15. The van der Waals surface area contributed by atoms with E-state index in [1.54, 1.807) is 11.8 Å². The SMILES string of the molecule is CSCC[C@H](N)C(=O)Nc1cc(F)ccc1F. The number of carbonyl (C=O) groups excluding carboxylic acids is 1. The molecule has 0 aliphatic carbocycles. The third kappa shape index (κ3) is 4.32. The Kier molecular flexibility index (Phi) is 5.37. The first-order valence-electron chi connectivity index (χ1n) is 5.05. The highest BCUT2D eigenvalue weighted by atomic mass is 32.2. The molecule has 1 atom stereocenters. The Balaban J connectivity index is 2.64. The monoisotopic (exact) mass is 260 g/mol. The second kappa shape index (κ2) is 6.56. The van der Waals surface area contributed by atoms with Crippen molar-refractivity contribution in [3.8, 4) is 0 Å². The average Bonchev–Trinajstić information content (AvgIpc) is 2.30. The van der Waals surface area contributed by atoms with Gasteiger partial charge in [-0.15, -0.1) is 0 Å². The van der Waals surface area contributed by atoms with E-state index in [1.807, 2.05) is 6.26 Å². The number of hydrogen-bond acceptors (Lipinski definition) is 3. The largest absolute Gasteiger partial charge is 0.322 e. The summed E-state index contributed by atoms with van der Waals surface area (Å²) in [5.41, 5.74) is 5.41. The number of thioether (sulfide) groups is 1. The van der Waals surface area contributed by atoms with Crippen molar-refractivity contribution in [2.45, 2.75) is 12.5 Å². The first-order valence-corrected chi connectivity index (χ1v) is 6.44. The van der Waals surface area contributed by atoms with E-state index in [0.717, 1.165) is 24.0 Å². The van der Waals surface area contributed by atoms with Crippen LogP contribution < -0.4 is 11.1 Å². The molecule has 0 unspecified atom stereocenters. The van der Waals surface area contributed by atoms with E-state index in [0.29, 0.717) is 6.42 Å². The number of benzene rings is 1. The Morgan fingerprint density at radius 3 is 2.88 bits per heavy atom. The van der Waals surface area contributed by atoms with E-state index in [4.69, 9.17) is 5.73 Å². The van der Waals surface area contributed by atoms with Crippen LogP contribution in [-0.2, 0) is 4.79 Å². The van der Waals surface area contributed by atoms with E-state index in [2.05, 4.69) is 5.32 Å². The molecule has 0 bridgehead atoms. The molecule has 1 aromatic carbocycles. The van der Waals surface area contributed by atoms with Gasteiger partial charge in [0, 0.05) is 6.07 Å². The van der Waals surface area contributed by atoms with Crippen molar-refractivity contribution in [1.82, 2.24) is 0 Å². The molecule has 3 N–H and O–H groups in total. The Morgan fingerprint density at radius 2 is 2.24 bits per heavy atom. The maximum Gasteiger partial charge on any atom is 0.241 e. The summed E-state index contributed by atoms with van der Waals surface area (Å²) in [4.78, 5) is 11.5. The van der Waals surface area contributed by atoms with Crippen LogP contribution in [0.1, 0.15) is 6.42 Å². The van der Waals surface area contributed by atoms with Gasteiger partial charge in [-0.2, -0.15) is 11.8 Å². The molecular formula is C11H14F2N2OS. The van der Waals surface area contributed by atoms with E-state index < -0.39 is 23.6 Å². The van der Waals surface area contributed by atoms with Gasteiger partial charge in [0.1, 0.15) is 11.6 Å². The van der Waals surface area contributed by atoms with Crippen LogP contribution in [0.25, 0.3) is 0 Å². The number of carbonyl (C=O) groups is 1. The average molecular weight is 260 g/mol. The van der Waals surface area contributed by atoms with Gasteiger partial charge < -0.3 is 11.1 Å². The fourth-order valence-corrected chi connectivity index (χ4v) is 1.68. The van der Waals surface area contributed by atoms with Crippen LogP contribution in [-0.4, -0.2) is 24.0 Å². The van der Waals surface area contributed by atoms with Crippen LogP contribution in [0.5, 0.6) is 0 Å². The standard InChI is InChI=1S/C11H14F2N2OS/c1-17-5-4-9(14)11(16)15-10-6-7(12)2-3-8(10)13/h2-3,6,9H,4-5,14H2,1H3,(H,15,16)/t9-/m0/s1. The predicted molar refractivity (Wildman–Crippen MR) is 66.0 cm³/mol. The molecule has 1 aromatic rings. The minimum Gasteiger partial charge on any atom is -0.322 e. The van der Waals surface area contributed by atoms with Crippen molar-refractivity contribution in [3.05, 3.63) is 29.8 Å².